The number of thiophene rings is 1. The molecule has 98 valence electrons. The highest BCUT2D eigenvalue weighted by Crippen LogP contribution is 2.32. The zero-order valence-corrected chi connectivity index (χ0v) is 12.1. The normalized spacial score (nSPS) is 14.3. The van der Waals surface area contributed by atoms with E-state index in [0.717, 1.165) is 17.9 Å². The number of hydrogen-bond acceptors (Lipinski definition) is 4. The van der Waals surface area contributed by atoms with E-state index in [9.17, 15) is 0 Å². The van der Waals surface area contributed by atoms with Crippen molar-refractivity contribution in [2.45, 2.75) is 25.4 Å². The predicted molar refractivity (Wildman–Crippen MR) is 83.6 cm³/mol. The van der Waals surface area contributed by atoms with Gasteiger partial charge in [0.1, 0.15) is 10.8 Å². The first-order valence-electron chi connectivity index (χ1n) is 6.29. The van der Waals surface area contributed by atoms with E-state index in [0.29, 0.717) is 11.0 Å². The van der Waals surface area contributed by atoms with Gasteiger partial charge >= 0.3 is 0 Å². The number of aromatic nitrogens is 1. The van der Waals surface area contributed by atoms with Gasteiger partial charge in [-0.15, -0.1) is 11.3 Å². The van der Waals surface area contributed by atoms with Gasteiger partial charge in [0.2, 0.25) is 0 Å². The smallest absolute Gasteiger partial charge is 0.129 e. The molecular formula is C14H15N3S2. The molecule has 3 nitrogen and oxygen atoms in total. The van der Waals surface area contributed by atoms with Crippen LogP contribution in [0.4, 0.5) is 5.82 Å². The molecule has 2 N–H and O–H groups in total. The molecule has 2 aromatic rings. The Morgan fingerprint density at radius 3 is 2.79 bits per heavy atom. The maximum atomic E-state index is 5.60. The van der Waals surface area contributed by atoms with Crippen LogP contribution in [0.3, 0.4) is 0 Å². The van der Waals surface area contributed by atoms with E-state index in [2.05, 4.69) is 27.4 Å². The molecule has 0 spiro atoms. The Morgan fingerprint density at radius 2 is 2.26 bits per heavy atom. The van der Waals surface area contributed by atoms with Crippen LogP contribution in [-0.4, -0.2) is 16.0 Å². The molecule has 0 atom stereocenters. The molecule has 1 aliphatic rings. The molecule has 0 saturated heterocycles. The lowest BCUT2D eigenvalue weighted by Gasteiger charge is -2.23. The molecule has 0 unspecified atom stereocenters. The third-order valence-electron chi connectivity index (χ3n) is 3.22. The molecule has 3 rings (SSSR count). The van der Waals surface area contributed by atoms with Crippen LogP contribution < -0.4 is 10.6 Å². The molecule has 2 aromatic heterocycles. The first-order valence-corrected chi connectivity index (χ1v) is 7.58. The molecule has 19 heavy (non-hydrogen) atoms. The predicted octanol–water partition coefficient (Wildman–Crippen LogP) is 2.95. The van der Waals surface area contributed by atoms with Crippen molar-refractivity contribution in [2.75, 3.05) is 4.90 Å². The van der Waals surface area contributed by atoms with Gasteiger partial charge in [-0.05, 0) is 36.4 Å². The van der Waals surface area contributed by atoms with Crippen molar-refractivity contribution in [2.24, 2.45) is 5.73 Å². The van der Waals surface area contributed by atoms with Gasteiger partial charge < -0.3 is 10.6 Å². The lowest BCUT2D eigenvalue weighted by atomic mass is 10.2. The second-order valence-corrected chi connectivity index (χ2v) is 6.18. The van der Waals surface area contributed by atoms with Crippen molar-refractivity contribution in [1.82, 2.24) is 4.98 Å². The summed E-state index contributed by atoms with van der Waals surface area (Å²) in [5.74, 6) is 1.01. The Morgan fingerprint density at radius 1 is 1.42 bits per heavy atom. The maximum absolute atomic E-state index is 5.60. The van der Waals surface area contributed by atoms with Crippen molar-refractivity contribution in [3.8, 4) is 0 Å². The van der Waals surface area contributed by atoms with Gasteiger partial charge in [-0.3, -0.25) is 0 Å². The largest absolute Gasteiger partial charge is 0.389 e. The molecule has 5 heteroatoms. The Balaban J connectivity index is 1.81. The van der Waals surface area contributed by atoms with Crippen molar-refractivity contribution in [1.29, 1.82) is 0 Å². The van der Waals surface area contributed by atoms with Crippen LogP contribution in [0.15, 0.2) is 35.8 Å². The van der Waals surface area contributed by atoms with Gasteiger partial charge in [0.25, 0.3) is 0 Å². The number of thiocarbonyl (C=S) groups is 1. The summed E-state index contributed by atoms with van der Waals surface area (Å²) in [6.45, 7) is 0.932. The maximum Gasteiger partial charge on any atom is 0.129 e. The van der Waals surface area contributed by atoms with Crippen LogP contribution in [0.2, 0.25) is 0 Å². The van der Waals surface area contributed by atoms with Gasteiger partial charge in [-0.25, -0.2) is 4.98 Å². The standard InChI is InChI=1S/C14H15N3S2/c15-14(18)10-3-6-13(16-8-10)17(11-4-5-11)9-12-2-1-7-19-12/h1-3,6-8,11H,4-5,9H2,(H2,15,18). The van der Waals surface area contributed by atoms with Crippen LogP contribution in [0, 0.1) is 0 Å². The third-order valence-corrected chi connectivity index (χ3v) is 4.32. The van der Waals surface area contributed by atoms with Crippen LogP contribution >= 0.6 is 23.6 Å². The quantitative estimate of drug-likeness (QED) is 0.859. The molecule has 1 aliphatic carbocycles. The van der Waals surface area contributed by atoms with Crippen LogP contribution in [-0.2, 0) is 6.54 Å². The van der Waals surface area contributed by atoms with Gasteiger partial charge in [-0.2, -0.15) is 0 Å². The SMILES string of the molecule is NC(=S)c1ccc(N(Cc2cccs2)C2CC2)nc1. The molecule has 0 aromatic carbocycles. The summed E-state index contributed by atoms with van der Waals surface area (Å²) >= 11 is 6.74. The van der Waals surface area contributed by atoms with Gasteiger partial charge in [0, 0.05) is 22.7 Å². The average molecular weight is 289 g/mol. The summed E-state index contributed by atoms with van der Waals surface area (Å²) in [7, 11) is 0. The number of anilines is 1. The number of pyridine rings is 1. The van der Waals surface area contributed by atoms with E-state index in [4.69, 9.17) is 18.0 Å². The Kier molecular flexibility index (Phi) is 3.48. The molecule has 0 aliphatic heterocycles. The van der Waals surface area contributed by atoms with E-state index in [-0.39, 0.29) is 0 Å². The summed E-state index contributed by atoms with van der Waals surface area (Å²) in [6, 6.07) is 8.86. The van der Waals surface area contributed by atoms with Gasteiger partial charge in [0.05, 0.1) is 6.54 Å². The molecule has 1 fully saturated rings. The summed E-state index contributed by atoms with van der Waals surface area (Å²) in [5.41, 5.74) is 6.43. The molecular weight excluding hydrogens is 274 g/mol. The third kappa shape index (κ3) is 2.93. The number of nitrogens with two attached hydrogens (primary N) is 1. The molecule has 2 heterocycles. The number of rotatable bonds is 5. The summed E-state index contributed by atoms with van der Waals surface area (Å²) in [4.78, 5) is 8.64. The van der Waals surface area contributed by atoms with Crippen LogP contribution in [0.1, 0.15) is 23.3 Å². The highest BCUT2D eigenvalue weighted by atomic mass is 32.1. The minimum absolute atomic E-state index is 0.398. The number of nitrogens with zero attached hydrogens (tertiary/aromatic N) is 2. The first kappa shape index (κ1) is 12.6. The van der Waals surface area contributed by atoms with Crippen molar-refractivity contribution >= 4 is 34.4 Å². The molecule has 0 radical (unpaired) electrons. The van der Waals surface area contributed by atoms with E-state index in [1.807, 2.05) is 12.1 Å². The van der Waals surface area contributed by atoms with Gasteiger partial charge in [0.15, 0.2) is 0 Å². The summed E-state index contributed by atoms with van der Waals surface area (Å²) in [5, 5.41) is 2.11. The second kappa shape index (κ2) is 5.27. The summed E-state index contributed by atoms with van der Waals surface area (Å²) in [6.07, 6.45) is 4.27. The number of hydrogen-bond donors (Lipinski definition) is 1. The zero-order chi connectivity index (χ0) is 13.2. The monoisotopic (exact) mass is 289 g/mol. The highest BCUT2D eigenvalue weighted by Gasteiger charge is 2.30. The van der Waals surface area contributed by atoms with E-state index >= 15 is 0 Å². The van der Waals surface area contributed by atoms with Crippen LogP contribution in [0.5, 0.6) is 0 Å². The van der Waals surface area contributed by atoms with Crippen molar-refractivity contribution in [3.63, 3.8) is 0 Å². The molecule has 0 amide bonds. The van der Waals surface area contributed by atoms with E-state index in [1.165, 1.54) is 17.7 Å². The fourth-order valence-corrected chi connectivity index (χ4v) is 2.88. The lowest BCUT2D eigenvalue weighted by Crippen LogP contribution is -2.25. The minimum Gasteiger partial charge on any atom is -0.389 e. The first-order chi connectivity index (χ1) is 9.24. The average Bonchev–Trinajstić information content (AvgIpc) is 3.13. The highest BCUT2D eigenvalue weighted by molar-refractivity contribution is 7.80. The Labute approximate surface area is 122 Å². The summed E-state index contributed by atoms with van der Waals surface area (Å²) < 4.78 is 0. The fourth-order valence-electron chi connectivity index (χ4n) is 2.06. The Hall–Kier alpha value is -1.46. The topological polar surface area (TPSA) is 42.1 Å². The van der Waals surface area contributed by atoms with E-state index < -0.39 is 0 Å². The molecule has 1 saturated carbocycles. The van der Waals surface area contributed by atoms with E-state index in [1.54, 1.807) is 17.5 Å². The molecule has 0 bridgehead atoms. The second-order valence-electron chi connectivity index (χ2n) is 4.71. The van der Waals surface area contributed by atoms with Gasteiger partial charge in [-0.1, -0.05) is 18.3 Å². The van der Waals surface area contributed by atoms with Crippen molar-refractivity contribution < 1.29 is 0 Å². The van der Waals surface area contributed by atoms with Crippen LogP contribution in [0.25, 0.3) is 0 Å². The minimum atomic E-state index is 0.398. The van der Waals surface area contributed by atoms with Crippen molar-refractivity contribution in [3.05, 3.63) is 46.3 Å². The zero-order valence-electron chi connectivity index (χ0n) is 10.5. The Bertz CT molecular complexity index is 559. The fraction of sp³-hybridized carbons (Fsp3) is 0.286. The lowest BCUT2D eigenvalue weighted by molar-refractivity contribution is 0.786.